The Hall–Kier alpha value is -3.79. The van der Waals surface area contributed by atoms with Crippen molar-refractivity contribution in [1.82, 2.24) is 4.90 Å². The van der Waals surface area contributed by atoms with Gasteiger partial charge < -0.3 is 28.5 Å². The maximum absolute atomic E-state index is 14.0. The predicted octanol–water partition coefficient (Wildman–Crippen LogP) is 7.14. The van der Waals surface area contributed by atoms with E-state index in [1.165, 1.54) is 0 Å². The lowest BCUT2D eigenvalue weighted by Gasteiger charge is -2.49. The van der Waals surface area contributed by atoms with Crippen molar-refractivity contribution in [2.24, 2.45) is 0 Å². The molecule has 3 aromatic carbocycles. The highest BCUT2D eigenvalue weighted by molar-refractivity contribution is 6.74. The van der Waals surface area contributed by atoms with Gasteiger partial charge in [-0.3, -0.25) is 4.90 Å². The molecular weight excluding hydrogens is 611 g/mol. The molecule has 3 aromatic rings. The van der Waals surface area contributed by atoms with E-state index >= 15 is 0 Å². The first-order valence-electron chi connectivity index (χ1n) is 16.4. The number of hydrogen-bond donors (Lipinski definition) is 1. The molecule has 2 aliphatic carbocycles. The van der Waals surface area contributed by atoms with Gasteiger partial charge in [-0.1, -0.05) is 87.5 Å². The number of fused-ring (bicyclic) bond motifs is 1. The Labute approximate surface area is 279 Å². The fourth-order valence-corrected chi connectivity index (χ4v) is 8.60. The number of ether oxygens (including phenoxy) is 4. The zero-order valence-corrected chi connectivity index (χ0v) is 29.5. The predicted molar refractivity (Wildman–Crippen MR) is 183 cm³/mol. The molecule has 3 aliphatic rings. The maximum Gasteiger partial charge on any atom is 0.410 e. The lowest BCUT2D eigenvalue weighted by Crippen LogP contribution is -2.54. The first-order chi connectivity index (χ1) is 22.4. The highest BCUT2D eigenvalue weighted by Gasteiger charge is 2.63. The van der Waals surface area contributed by atoms with Gasteiger partial charge in [0.15, 0.2) is 19.8 Å². The summed E-state index contributed by atoms with van der Waals surface area (Å²) in [5.74, 6) is 1.72. The minimum Gasteiger partial charge on any atom is -0.498 e. The summed E-state index contributed by atoms with van der Waals surface area (Å²) in [5.41, 5.74) is 4.11. The zero-order valence-electron chi connectivity index (χ0n) is 28.5. The number of carbonyl (C=O) groups excluding carboxylic acids is 1. The summed E-state index contributed by atoms with van der Waals surface area (Å²) in [4.78, 5) is 15.8. The van der Waals surface area contributed by atoms with Gasteiger partial charge in [-0.15, -0.1) is 0 Å². The van der Waals surface area contributed by atoms with Crippen molar-refractivity contribution in [1.29, 1.82) is 0 Å². The molecule has 0 saturated carbocycles. The highest BCUT2D eigenvalue weighted by atomic mass is 28.4. The molecule has 250 valence electrons. The summed E-state index contributed by atoms with van der Waals surface area (Å²) in [6.07, 6.45) is -0.982. The van der Waals surface area contributed by atoms with Crippen LogP contribution in [0.4, 0.5) is 4.79 Å². The second-order valence-corrected chi connectivity index (χ2v) is 19.2. The number of aliphatic hydroxyl groups excluding tert-OH is 1. The van der Waals surface area contributed by atoms with E-state index in [2.05, 4.69) is 39.9 Å². The minimum atomic E-state index is -2.34. The summed E-state index contributed by atoms with van der Waals surface area (Å²) in [6, 6.07) is 23.4. The molecule has 2 bridgehead atoms. The number of aliphatic hydroxyl groups is 1. The van der Waals surface area contributed by atoms with Gasteiger partial charge in [0, 0.05) is 23.1 Å². The van der Waals surface area contributed by atoms with Crippen LogP contribution in [0.25, 0.3) is 0 Å². The van der Waals surface area contributed by atoms with Crippen molar-refractivity contribution in [3.63, 3.8) is 0 Å². The maximum atomic E-state index is 14.0. The Morgan fingerprint density at radius 2 is 1.57 bits per heavy atom. The Bertz CT molecular complexity index is 1630. The molecule has 1 fully saturated rings. The van der Waals surface area contributed by atoms with E-state index < -0.39 is 32.0 Å². The van der Waals surface area contributed by atoms with Crippen LogP contribution in [0.2, 0.25) is 18.1 Å². The molecule has 1 N–H and O–H groups in total. The van der Waals surface area contributed by atoms with Crippen LogP contribution in [-0.2, 0) is 38.9 Å². The van der Waals surface area contributed by atoms with Gasteiger partial charge in [-0.25, -0.2) is 4.79 Å². The van der Waals surface area contributed by atoms with Crippen LogP contribution >= 0.6 is 0 Å². The number of benzene rings is 3. The summed E-state index contributed by atoms with van der Waals surface area (Å²) in [7, 11) is 0.907. The highest BCUT2D eigenvalue weighted by Crippen LogP contribution is 2.60. The number of methoxy groups -OCH3 is 2. The Kier molecular flexibility index (Phi) is 8.93. The lowest BCUT2D eigenvalue weighted by atomic mass is 9.61. The SMILES string of the molecule is COC1=C2[C@@H]3Cc4ccc(OC)c(OCc5ccccc5)c4[C@@]2(C[C@H](O[Si](C)(C)C(C)(C)C)[C@@H]1O)CN3C(=O)OCc1ccccc1. The van der Waals surface area contributed by atoms with Crippen molar-refractivity contribution in [3.8, 4) is 11.5 Å². The van der Waals surface area contributed by atoms with Crippen LogP contribution in [0.1, 0.15) is 49.4 Å². The first kappa shape index (κ1) is 33.1. The molecule has 1 heterocycles. The normalized spacial score (nSPS) is 23.6. The van der Waals surface area contributed by atoms with E-state index in [0.29, 0.717) is 43.3 Å². The molecule has 9 heteroatoms. The Balaban J connectivity index is 1.48. The fraction of sp³-hybridized carbons (Fsp3) is 0.447. The van der Waals surface area contributed by atoms with E-state index in [0.717, 1.165) is 27.8 Å². The van der Waals surface area contributed by atoms with Gasteiger partial charge >= 0.3 is 6.09 Å². The van der Waals surface area contributed by atoms with E-state index in [-0.39, 0.29) is 17.7 Å². The molecule has 1 aliphatic heterocycles. The molecule has 6 rings (SSSR count). The quantitative estimate of drug-likeness (QED) is 0.245. The molecular formula is C38H47NO7Si. The summed E-state index contributed by atoms with van der Waals surface area (Å²) in [6.45, 7) is 11.8. The van der Waals surface area contributed by atoms with Gasteiger partial charge in [-0.2, -0.15) is 0 Å². The van der Waals surface area contributed by atoms with Crippen LogP contribution in [0.3, 0.4) is 0 Å². The summed E-state index contributed by atoms with van der Waals surface area (Å²) in [5, 5.41) is 11.8. The second-order valence-electron chi connectivity index (χ2n) is 14.4. The smallest absolute Gasteiger partial charge is 0.410 e. The molecule has 8 nitrogen and oxygen atoms in total. The largest absolute Gasteiger partial charge is 0.498 e. The molecule has 1 amide bonds. The van der Waals surface area contributed by atoms with E-state index in [9.17, 15) is 9.90 Å². The molecule has 0 unspecified atom stereocenters. The number of nitrogens with zero attached hydrogens (tertiary/aromatic N) is 1. The van der Waals surface area contributed by atoms with Crippen LogP contribution in [0.5, 0.6) is 11.5 Å². The van der Waals surface area contributed by atoms with Gasteiger partial charge in [0.25, 0.3) is 0 Å². The fourth-order valence-electron chi connectivity index (χ4n) is 7.27. The average Bonchev–Trinajstić information content (AvgIpc) is 3.29. The van der Waals surface area contributed by atoms with Crippen molar-refractivity contribution in [2.75, 3.05) is 20.8 Å². The topological polar surface area (TPSA) is 86.7 Å². The number of amides is 1. The number of rotatable bonds is 9. The van der Waals surface area contributed by atoms with Crippen LogP contribution < -0.4 is 9.47 Å². The van der Waals surface area contributed by atoms with E-state index in [1.807, 2.05) is 71.6 Å². The number of hydrogen-bond acceptors (Lipinski definition) is 7. The Morgan fingerprint density at radius 1 is 0.936 bits per heavy atom. The minimum absolute atomic E-state index is 0.0786. The lowest BCUT2D eigenvalue weighted by molar-refractivity contribution is -0.0104. The summed E-state index contributed by atoms with van der Waals surface area (Å²) < 4.78 is 31.6. The second kappa shape index (κ2) is 12.7. The van der Waals surface area contributed by atoms with Gasteiger partial charge in [0.2, 0.25) is 0 Å². The van der Waals surface area contributed by atoms with Crippen LogP contribution in [0.15, 0.2) is 84.1 Å². The van der Waals surface area contributed by atoms with Gasteiger partial charge in [0.1, 0.15) is 25.1 Å². The summed E-state index contributed by atoms with van der Waals surface area (Å²) >= 11 is 0. The monoisotopic (exact) mass is 657 g/mol. The standard InChI is InChI=1S/C38H47NO7Si/c1-37(2,3)47(6,7)46-30-21-38-24-39(36(41)45-23-26-16-12-9-13-17-26)28(32(38)35(43-5)33(30)40)20-27-18-19-29(42-4)34(31(27)38)44-22-25-14-10-8-11-15-25/h8-19,28,30,33,40H,20-24H2,1-7H3/t28-,30-,33-,38+/m0/s1. The third-order valence-corrected chi connectivity index (χ3v) is 15.1. The molecule has 0 radical (unpaired) electrons. The van der Waals surface area contributed by atoms with Crippen molar-refractivity contribution >= 4 is 14.4 Å². The van der Waals surface area contributed by atoms with E-state index in [4.69, 9.17) is 23.4 Å². The van der Waals surface area contributed by atoms with Crippen LogP contribution in [0, 0.1) is 0 Å². The van der Waals surface area contributed by atoms with Crippen molar-refractivity contribution in [2.45, 2.75) is 88.6 Å². The molecule has 0 spiro atoms. The molecule has 4 atom stereocenters. The number of likely N-dealkylation sites (tertiary alicyclic amines) is 1. The van der Waals surface area contributed by atoms with Crippen molar-refractivity contribution in [3.05, 3.63) is 106 Å². The van der Waals surface area contributed by atoms with Crippen molar-refractivity contribution < 1.29 is 33.3 Å². The Morgan fingerprint density at radius 3 is 2.17 bits per heavy atom. The van der Waals surface area contributed by atoms with Gasteiger partial charge in [0.05, 0.1) is 26.4 Å². The first-order valence-corrected chi connectivity index (χ1v) is 19.3. The van der Waals surface area contributed by atoms with E-state index in [1.54, 1.807) is 14.2 Å². The van der Waals surface area contributed by atoms with Gasteiger partial charge in [-0.05, 0) is 53.7 Å². The molecule has 0 aromatic heterocycles. The third-order valence-electron chi connectivity index (χ3n) is 10.6. The average molecular weight is 658 g/mol. The third kappa shape index (κ3) is 5.94. The molecule has 47 heavy (non-hydrogen) atoms. The van der Waals surface area contributed by atoms with Crippen LogP contribution in [-0.4, -0.2) is 63.4 Å². The zero-order chi connectivity index (χ0) is 33.6. The molecule has 1 saturated heterocycles. The number of carbonyl (C=O) groups is 1.